The van der Waals surface area contributed by atoms with E-state index in [9.17, 15) is 19.5 Å². The summed E-state index contributed by atoms with van der Waals surface area (Å²) in [6, 6.07) is 25.8. The zero-order chi connectivity index (χ0) is 25.8. The number of imide groups is 1. The highest BCUT2D eigenvalue weighted by molar-refractivity contribution is 6.08. The smallest absolute Gasteiger partial charge is 0.321 e. The zero-order valence-electron chi connectivity index (χ0n) is 20.3. The molecule has 2 heterocycles. The van der Waals surface area contributed by atoms with Crippen molar-refractivity contribution in [2.45, 2.75) is 18.6 Å². The van der Waals surface area contributed by atoms with Gasteiger partial charge in [0.1, 0.15) is 6.04 Å². The number of hydrogen-bond acceptors (Lipinski definition) is 5. The molecule has 4 atom stereocenters. The predicted molar refractivity (Wildman–Crippen MR) is 141 cm³/mol. The quantitative estimate of drug-likeness (QED) is 0.239. The molecule has 0 aromatic heterocycles. The summed E-state index contributed by atoms with van der Waals surface area (Å²) in [6.07, 6.45) is 4.01. The molecule has 2 aliphatic heterocycles. The van der Waals surface area contributed by atoms with Gasteiger partial charge in [-0.3, -0.25) is 24.6 Å². The number of carboxylic acids is 1. The minimum absolute atomic E-state index is 0.208. The number of likely N-dealkylation sites (tertiary alicyclic amines) is 1. The number of fused-ring (bicyclic) bond motifs is 1. The summed E-state index contributed by atoms with van der Waals surface area (Å²) in [5.74, 6) is -3.51. The molecule has 0 spiro atoms. The van der Waals surface area contributed by atoms with E-state index in [1.807, 2.05) is 97.1 Å². The normalized spacial score (nSPS) is 23.1. The third kappa shape index (κ3) is 5.23. The van der Waals surface area contributed by atoms with Gasteiger partial charge < -0.3 is 10.4 Å². The van der Waals surface area contributed by atoms with Gasteiger partial charge >= 0.3 is 5.97 Å². The van der Waals surface area contributed by atoms with Crippen LogP contribution in [0.5, 0.6) is 0 Å². The van der Waals surface area contributed by atoms with Gasteiger partial charge in [-0.1, -0.05) is 97.1 Å². The number of amides is 2. The maximum absolute atomic E-state index is 13.4. The second-order valence-corrected chi connectivity index (χ2v) is 9.41. The fraction of sp³-hybridized carbons (Fsp3) is 0.233. The molecule has 3 aromatic rings. The van der Waals surface area contributed by atoms with Gasteiger partial charge in [0, 0.05) is 25.7 Å². The van der Waals surface area contributed by atoms with Gasteiger partial charge in [-0.15, -0.1) is 0 Å². The van der Waals surface area contributed by atoms with Crippen LogP contribution in [0.3, 0.4) is 0 Å². The Morgan fingerprint density at radius 1 is 0.838 bits per heavy atom. The first kappa shape index (κ1) is 24.6. The Hall–Kier alpha value is -4.07. The molecular formula is C30H29N3O4. The molecule has 188 valence electrons. The average molecular weight is 496 g/mol. The van der Waals surface area contributed by atoms with Gasteiger partial charge in [0.2, 0.25) is 11.8 Å². The van der Waals surface area contributed by atoms with E-state index in [-0.39, 0.29) is 12.5 Å². The molecule has 0 bridgehead atoms. The number of nitrogens with one attached hydrogen (secondary N) is 2. The lowest BCUT2D eigenvalue weighted by Crippen LogP contribution is -2.44. The minimum atomic E-state index is -1.12. The Morgan fingerprint density at radius 2 is 1.43 bits per heavy atom. The van der Waals surface area contributed by atoms with Crippen molar-refractivity contribution in [2.24, 2.45) is 11.8 Å². The summed E-state index contributed by atoms with van der Waals surface area (Å²) in [4.78, 5) is 39.8. The van der Waals surface area contributed by atoms with Crippen LogP contribution in [-0.2, 0) is 20.9 Å². The number of carboxylic acid groups (broad SMARTS) is 1. The van der Waals surface area contributed by atoms with Crippen molar-refractivity contribution >= 4 is 29.9 Å². The number of benzene rings is 3. The molecule has 3 N–H and O–H groups in total. The largest absolute Gasteiger partial charge is 0.480 e. The molecule has 5 rings (SSSR count). The molecule has 7 heteroatoms. The molecule has 0 aliphatic carbocycles. The third-order valence-corrected chi connectivity index (χ3v) is 7.08. The van der Waals surface area contributed by atoms with E-state index < -0.39 is 35.8 Å². The van der Waals surface area contributed by atoms with Crippen molar-refractivity contribution in [2.75, 3.05) is 13.1 Å². The van der Waals surface area contributed by atoms with Crippen LogP contribution in [-0.4, -0.2) is 46.9 Å². The molecule has 7 nitrogen and oxygen atoms in total. The van der Waals surface area contributed by atoms with Crippen molar-refractivity contribution < 1.29 is 19.5 Å². The molecule has 2 amide bonds. The van der Waals surface area contributed by atoms with Gasteiger partial charge in [0.15, 0.2) is 0 Å². The number of hydrogen-bond donors (Lipinski definition) is 3. The van der Waals surface area contributed by atoms with Crippen LogP contribution in [0.2, 0.25) is 0 Å². The number of rotatable bonds is 9. The van der Waals surface area contributed by atoms with Crippen molar-refractivity contribution in [3.63, 3.8) is 0 Å². The van der Waals surface area contributed by atoms with Crippen LogP contribution in [0.4, 0.5) is 0 Å². The molecule has 4 unspecified atom stereocenters. The predicted octanol–water partition coefficient (Wildman–Crippen LogP) is 3.35. The summed E-state index contributed by atoms with van der Waals surface area (Å²) < 4.78 is 0. The standard InChI is InChI=1S/C30H29N3O4/c34-28-24-25(29(35)33(28)18-17-31-19-22-9-5-2-6-10-22)27(30(36)37)32-26(24)23-15-13-21(14-16-23)12-11-20-7-3-1-4-8-20/h1-16,24-27,31-32H,17-19H2,(H,36,37). The zero-order valence-corrected chi connectivity index (χ0v) is 20.3. The Kier molecular flexibility index (Phi) is 7.25. The van der Waals surface area contributed by atoms with E-state index in [4.69, 9.17) is 0 Å². The van der Waals surface area contributed by atoms with E-state index in [2.05, 4.69) is 10.6 Å². The van der Waals surface area contributed by atoms with Gasteiger partial charge in [0.25, 0.3) is 0 Å². The maximum atomic E-state index is 13.4. The van der Waals surface area contributed by atoms with Crippen LogP contribution < -0.4 is 10.6 Å². The first-order valence-electron chi connectivity index (χ1n) is 12.4. The van der Waals surface area contributed by atoms with Gasteiger partial charge in [-0.25, -0.2) is 0 Å². The highest BCUT2D eigenvalue weighted by Crippen LogP contribution is 2.44. The van der Waals surface area contributed by atoms with Crippen molar-refractivity contribution in [3.8, 4) is 0 Å². The van der Waals surface area contributed by atoms with Crippen LogP contribution in [0.25, 0.3) is 12.2 Å². The van der Waals surface area contributed by atoms with Crippen LogP contribution in [0.15, 0.2) is 84.9 Å². The fourth-order valence-corrected chi connectivity index (χ4v) is 5.22. The van der Waals surface area contributed by atoms with Gasteiger partial charge in [-0.2, -0.15) is 0 Å². The van der Waals surface area contributed by atoms with Gasteiger partial charge in [-0.05, 0) is 22.3 Å². The molecular weight excluding hydrogens is 466 g/mol. The molecule has 2 aliphatic rings. The fourth-order valence-electron chi connectivity index (χ4n) is 5.22. The molecule has 37 heavy (non-hydrogen) atoms. The van der Waals surface area contributed by atoms with Crippen molar-refractivity contribution in [1.29, 1.82) is 0 Å². The SMILES string of the molecule is O=C(O)C1NC(c2ccc(C=Cc3ccccc3)cc2)C2C(=O)N(CCNCc3ccccc3)C(=O)C12. The van der Waals surface area contributed by atoms with Crippen LogP contribution in [0.1, 0.15) is 28.3 Å². The highest BCUT2D eigenvalue weighted by Gasteiger charge is 2.60. The maximum Gasteiger partial charge on any atom is 0.321 e. The number of carbonyl (C=O) groups is 3. The Bertz CT molecular complexity index is 1290. The van der Waals surface area contributed by atoms with Crippen LogP contribution >= 0.6 is 0 Å². The molecule has 0 saturated carbocycles. The first-order valence-corrected chi connectivity index (χ1v) is 12.4. The second-order valence-electron chi connectivity index (χ2n) is 9.41. The summed E-state index contributed by atoms with van der Waals surface area (Å²) >= 11 is 0. The molecule has 3 aromatic carbocycles. The lowest BCUT2D eigenvalue weighted by Gasteiger charge is -2.21. The highest BCUT2D eigenvalue weighted by atomic mass is 16.4. The second kappa shape index (κ2) is 10.9. The van der Waals surface area contributed by atoms with Gasteiger partial charge in [0.05, 0.1) is 11.8 Å². The van der Waals surface area contributed by atoms with Crippen molar-refractivity contribution in [3.05, 3.63) is 107 Å². The average Bonchev–Trinajstić information content (AvgIpc) is 3.44. The van der Waals surface area contributed by atoms with Crippen molar-refractivity contribution in [1.82, 2.24) is 15.5 Å². The number of carbonyl (C=O) groups excluding carboxylic acids is 2. The summed E-state index contributed by atoms with van der Waals surface area (Å²) in [6.45, 7) is 1.26. The Balaban J connectivity index is 1.28. The summed E-state index contributed by atoms with van der Waals surface area (Å²) in [7, 11) is 0. The lowest BCUT2D eigenvalue weighted by atomic mass is 9.86. The van der Waals surface area contributed by atoms with E-state index in [1.54, 1.807) is 0 Å². The third-order valence-electron chi connectivity index (χ3n) is 7.08. The van der Waals surface area contributed by atoms with E-state index in [0.29, 0.717) is 13.1 Å². The first-order chi connectivity index (χ1) is 18.0. The number of nitrogens with zero attached hydrogens (tertiary/aromatic N) is 1. The Labute approximate surface area is 215 Å². The molecule has 0 radical (unpaired) electrons. The summed E-state index contributed by atoms with van der Waals surface area (Å²) in [5, 5.41) is 16.1. The van der Waals surface area contributed by atoms with Crippen LogP contribution in [0, 0.1) is 11.8 Å². The van der Waals surface area contributed by atoms with E-state index in [1.165, 1.54) is 4.90 Å². The summed E-state index contributed by atoms with van der Waals surface area (Å²) in [5.41, 5.74) is 3.97. The monoisotopic (exact) mass is 495 g/mol. The Morgan fingerprint density at radius 3 is 2.08 bits per heavy atom. The minimum Gasteiger partial charge on any atom is -0.480 e. The topological polar surface area (TPSA) is 98.7 Å². The van der Waals surface area contributed by atoms with E-state index in [0.717, 1.165) is 22.3 Å². The molecule has 2 saturated heterocycles. The number of aliphatic carboxylic acids is 1. The lowest BCUT2D eigenvalue weighted by molar-refractivity contribution is -0.146. The van der Waals surface area contributed by atoms with E-state index >= 15 is 0 Å². The molecule has 2 fully saturated rings.